The first-order valence-corrected chi connectivity index (χ1v) is 7.07. The van der Waals surface area contributed by atoms with Crippen molar-refractivity contribution in [1.29, 1.82) is 0 Å². The molecule has 0 aliphatic carbocycles. The van der Waals surface area contributed by atoms with Gasteiger partial charge in [0.2, 0.25) is 0 Å². The summed E-state index contributed by atoms with van der Waals surface area (Å²) >= 11 is 19.2. The van der Waals surface area contributed by atoms with E-state index in [9.17, 15) is 4.39 Å². The van der Waals surface area contributed by atoms with Crippen molar-refractivity contribution in [2.45, 2.75) is 0 Å². The number of rotatable bonds is 1. The molecule has 3 rings (SSSR count). The number of fused-ring (bicyclic) bond motifs is 1. The lowest BCUT2D eigenvalue weighted by molar-refractivity contribution is 0.629. The second kappa shape index (κ2) is 4.87. The van der Waals surface area contributed by atoms with Gasteiger partial charge in [-0.1, -0.05) is 34.8 Å². The van der Waals surface area contributed by atoms with Gasteiger partial charge < -0.3 is 0 Å². The standard InChI is InChI=1S/C12H4Cl3FN2S/c13-9-4-7(11(15)19-9)12-17-8-3-5(16)1-2-6(8)10(14)18-12/h1-4H. The Hall–Kier alpha value is -0.940. The topological polar surface area (TPSA) is 25.8 Å². The SMILES string of the molecule is Fc1ccc2c(Cl)nc(-c3cc(Cl)sc3Cl)nc2c1. The lowest BCUT2D eigenvalue weighted by Gasteiger charge is -2.03. The summed E-state index contributed by atoms with van der Waals surface area (Å²) in [6, 6.07) is 5.81. The Morgan fingerprint density at radius 3 is 2.53 bits per heavy atom. The third kappa shape index (κ3) is 2.41. The van der Waals surface area contributed by atoms with E-state index in [2.05, 4.69) is 9.97 Å². The highest BCUT2D eigenvalue weighted by atomic mass is 35.5. The summed E-state index contributed by atoms with van der Waals surface area (Å²) in [4.78, 5) is 8.44. The van der Waals surface area contributed by atoms with Gasteiger partial charge in [0.25, 0.3) is 0 Å². The van der Waals surface area contributed by atoms with Crippen LogP contribution >= 0.6 is 46.1 Å². The molecule has 2 aromatic heterocycles. The van der Waals surface area contributed by atoms with Crippen LogP contribution in [-0.2, 0) is 0 Å². The zero-order valence-electron chi connectivity index (χ0n) is 9.12. The zero-order chi connectivity index (χ0) is 13.6. The molecule has 19 heavy (non-hydrogen) atoms. The van der Waals surface area contributed by atoms with Crippen molar-refractivity contribution in [2.24, 2.45) is 0 Å². The van der Waals surface area contributed by atoms with E-state index in [1.807, 2.05) is 0 Å². The maximum atomic E-state index is 13.2. The van der Waals surface area contributed by atoms with E-state index in [-0.39, 0.29) is 11.0 Å². The highest BCUT2D eigenvalue weighted by molar-refractivity contribution is 7.20. The Kier molecular flexibility index (Phi) is 3.35. The molecule has 0 radical (unpaired) electrons. The third-order valence-electron chi connectivity index (χ3n) is 2.51. The van der Waals surface area contributed by atoms with Gasteiger partial charge in [-0.3, -0.25) is 0 Å². The molecule has 0 bridgehead atoms. The Morgan fingerprint density at radius 2 is 1.84 bits per heavy atom. The van der Waals surface area contributed by atoms with Crippen molar-refractivity contribution >= 4 is 57.0 Å². The quantitative estimate of drug-likeness (QED) is 0.553. The summed E-state index contributed by atoms with van der Waals surface area (Å²) in [5.41, 5.74) is 1.01. The average Bonchev–Trinajstić information content (AvgIpc) is 2.67. The van der Waals surface area contributed by atoms with Crippen molar-refractivity contribution < 1.29 is 4.39 Å². The molecule has 0 aliphatic heterocycles. The van der Waals surface area contributed by atoms with E-state index < -0.39 is 0 Å². The van der Waals surface area contributed by atoms with Gasteiger partial charge in [-0.2, -0.15) is 0 Å². The van der Waals surface area contributed by atoms with Crippen molar-refractivity contribution in [2.75, 3.05) is 0 Å². The minimum atomic E-state index is -0.386. The van der Waals surface area contributed by atoms with E-state index in [1.54, 1.807) is 12.1 Å². The van der Waals surface area contributed by atoms with E-state index >= 15 is 0 Å². The Labute approximate surface area is 126 Å². The summed E-state index contributed by atoms with van der Waals surface area (Å²) in [6.07, 6.45) is 0. The first-order chi connectivity index (χ1) is 9.04. The molecule has 3 aromatic rings. The maximum Gasteiger partial charge on any atom is 0.163 e. The molecule has 0 unspecified atom stereocenters. The second-order valence-electron chi connectivity index (χ2n) is 3.74. The molecule has 0 spiro atoms. The largest absolute Gasteiger partial charge is 0.228 e. The second-order valence-corrected chi connectivity index (χ2v) is 6.38. The number of benzene rings is 1. The highest BCUT2D eigenvalue weighted by Crippen LogP contribution is 2.37. The number of hydrogen-bond donors (Lipinski definition) is 0. The molecule has 0 saturated carbocycles. The van der Waals surface area contributed by atoms with Crippen LogP contribution in [0, 0.1) is 5.82 Å². The molecule has 0 fully saturated rings. The fourth-order valence-corrected chi connectivity index (χ4v) is 3.37. The van der Waals surface area contributed by atoms with Crippen LogP contribution in [-0.4, -0.2) is 9.97 Å². The van der Waals surface area contributed by atoms with Crippen molar-refractivity contribution in [3.05, 3.63) is 43.9 Å². The average molecular weight is 334 g/mol. The van der Waals surface area contributed by atoms with Crippen molar-refractivity contribution in [1.82, 2.24) is 9.97 Å². The molecule has 96 valence electrons. The minimum Gasteiger partial charge on any atom is -0.228 e. The molecule has 1 aromatic carbocycles. The smallest absolute Gasteiger partial charge is 0.163 e. The predicted molar refractivity (Wildman–Crippen MR) is 77.8 cm³/mol. The number of halogens is 4. The van der Waals surface area contributed by atoms with Crippen LogP contribution in [0.1, 0.15) is 0 Å². The molecule has 2 heterocycles. The van der Waals surface area contributed by atoms with Crippen LogP contribution in [0.3, 0.4) is 0 Å². The van der Waals surface area contributed by atoms with Crippen LogP contribution in [0.2, 0.25) is 13.8 Å². The van der Waals surface area contributed by atoms with Gasteiger partial charge in [0.05, 0.1) is 15.4 Å². The Morgan fingerprint density at radius 1 is 1.05 bits per heavy atom. The molecule has 0 saturated heterocycles. The van der Waals surface area contributed by atoms with Crippen LogP contribution < -0.4 is 0 Å². The molecule has 2 nitrogen and oxygen atoms in total. The zero-order valence-corrected chi connectivity index (χ0v) is 12.2. The summed E-state index contributed by atoms with van der Waals surface area (Å²) in [6.45, 7) is 0. The number of aromatic nitrogens is 2. The van der Waals surface area contributed by atoms with E-state index in [1.165, 1.54) is 23.5 Å². The first-order valence-electron chi connectivity index (χ1n) is 5.12. The monoisotopic (exact) mass is 332 g/mol. The molecule has 0 atom stereocenters. The lowest BCUT2D eigenvalue weighted by Crippen LogP contribution is -1.91. The van der Waals surface area contributed by atoms with Crippen LogP contribution in [0.5, 0.6) is 0 Å². The predicted octanol–water partition coefficient (Wildman–Crippen LogP) is 5.46. The fraction of sp³-hybridized carbons (Fsp3) is 0. The number of nitrogens with zero attached hydrogens (tertiary/aromatic N) is 2. The van der Waals surface area contributed by atoms with Crippen LogP contribution in [0.25, 0.3) is 22.3 Å². The van der Waals surface area contributed by atoms with Gasteiger partial charge in [-0.15, -0.1) is 11.3 Å². The molecule has 7 heteroatoms. The van der Waals surface area contributed by atoms with E-state index in [0.717, 1.165) is 0 Å². The van der Waals surface area contributed by atoms with Gasteiger partial charge >= 0.3 is 0 Å². The Balaban J connectivity index is 2.28. The van der Waals surface area contributed by atoms with Crippen LogP contribution in [0.4, 0.5) is 4.39 Å². The van der Waals surface area contributed by atoms with Crippen molar-refractivity contribution in [3.8, 4) is 11.4 Å². The first kappa shape index (κ1) is 13.1. The molecule has 0 N–H and O–H groups in total. The summed E-state index contributed by atoms with van der Waals surface area (Å²) in [5, 5.41) is 0.836. The maximum absolute atomic E-state index is 13.2. The van der Waals surface area contributed by atoms with Gasteiger partial charge in [-0.05, 0) is 18.2 Å². The van der Waals surface area contributed by atoms with Gasteiger partial charge in [0, 0.05) is 11.5 Å². The van der Waals surface area contributed by atoms with Crippen LogP contribution in [0.15, 0.2) is 24.3 Å². The normalized spacial score (nSPS) is 11.2. The van der Waals surface area contributed by atoms with Gasteiger partial charge in [0.1, 0.15) is 15.3 Å². The Bertz CT molecular complexity index is 788. The summed E-state index contributed by atoms with van der Waals surface area (Å²) in [7, 11) is 0. The number of hydrogen-bond acceptors (Lipinski definition) is 3. The fourth-order valence-electron chi connectivity index (χ4n) is 1.68. The third-order valence-corrected chi connectivity index (χ3v) is 4.29. The molecular weight excluding hydrogens is 330 g/mol. The van der Waals surface area contributed by atoms with Crippen molar-refractivity contribution in [3.63, 3.8) is 0 Å². The minimum absolute atomic E-state index is 0.249. The molecular formula is C12H4Cl3FN2S. The summed E-state index contributed by atoms with van der Waals surface area (Å²) < 4.78 is 14.2. The van der Waals surface area contributed by atoms with Gasteiger partial charge in [-0.25, -0.2) is 14.4 Å². The highest BCUT2D eigenvalue weighted by Gasteiger charge is 2.14. The molecule has 0 aliphatic rings. The van der Waals surface area contributed by atoms with E-state index in [4.69, 9.17) is 34.8 Å². The molecule has 0 amide bonds. The number of thiophene rings is 1. The summed E-state index contributed by atoms with van der Waals surface area (Å²) in [5.74, 6) is -0.0566. The van der Waals surface area contributed by atoms with Gasteiger partial charge in [0.15, 0.2) is 5.82 Å². The van der Waals surface area contributed by atoms with E-state index in [0.29, 0.717) is 31.0 Å². The lowest BCUT2D eigenvalue weighted by atomic mass is 10.2.